The number of aryl methyl sites for hydroxylation is 1. The van der Waals surface area contributed by atoms with E-state index in [0.717, 1.165) is 15.8 Å². The molecule has 0 aliphatic rings. The van der Waals surface area contributed by atoms with Crippen molar-refractivity contribution in [2.75, 3.05) is 26.4 Å². The first-order valence-electron chi connectivity index (χ1n) is 4.91. The Morgan fingerprint density at radius 1 is 1.27 bits per heavy atom. The molecule has 4 heteroatoms. The van der Waals surface area contributed by atoms with Gasteiger partial charge in [-0.25, -0.2) is 0 Å². The van der Waals surface area contributed by atoms with Crippen LogP contribution in [-0.4, -0.2) is 26.4 Å². The molecule has 15 heavy (non-hydrogen) atoms. The quantitative estimate of drug-likeness (QED) is 0.808. The Morgan fingerprint density at radius 2 is 2.07 bits per heavy atom. The van der Waals surface area contributed by atoms with Gasteiger partial charge in [-0.05, 0) is 30.7 Å². The number of rotatable bonds is 6. The molecule has 0 aliphatic carbocycles. The van der Waals surface area contributed by atoms with Crippen molar-refractivity contribution in [3.8, 4) is 5.75 Å². The Hall–Kier alpha value is -0.580. The first-order chi connectivity index (χ1) is 7.24. The number of ether oxygens (including phenoxy) is 2. The SMILES string of the molecule is Cc1cc(OCCOCCN)ccc1Br. The van der Waals surface area contributed by atoms with Crippen LogP contribution in [0.25, 0.3) is 0 Å². The number of halogens is 1. The number of hydrogen-bond acceptors (Lipinski definition) is 3. The average Bonchev–Trinajstić information content (AvgIpc) is 2.23. The lowest BCUT2D eigenvalue weighted by Crippen LogP contribution is -2.13. The molecule has 0 unspecified atom stereocenters. The predicted molar refractivity (Wildman–Crippen MR) is 64.2 cm³/mol. The summed E-state index contributed by atoms with van der Waals surface area (Å²) in [6, 6.07) is 5.90. The second-order valence-corrected chi connectivity index (χ2v) is 4.01. The standard InChI is InChI=1S/C11H16BrNO2/c1-9-8-10(2-3-11(9)12)15-7-6-14-5-4-13/h2-3,8H,4-7,13H2,1H3. The van der Waals surface area contributed by atoms with Crippen molar-refractivity contribution >= 4 is 15.9 Å². The van der Waals surface area contributed by atoms with Gasteiger partial charge in [0.25, 0.3) is 0 Å². The molecule has 0 saturated carbocycles. The van der Waals surface area contributed by atoms with Crippen molar-refractivity contribution in [3.63, 3.8) is 0 Å². The number of benzene rings is 1. The van der Waals surface area contributed by atoms with Gasteiger partial charge in [-0.2, -0.15) is 0 Å². The second kappa shape index (κ2) is 6.82. The maximum Gasteiger partial charge on any atom is 0.119 e. The summed E-state index contributed by atoms with van der Waals surface area (Å²) in [5.41, 5.74) is 6.45. The monoisotopic (exact) mass is 273 g/mol. The van der Waals surface area contributed by atoms with Crippen LogP contribution in [0, 0.1) is 6.92 Å². The van der Waals surface area contributed by atoms with E-state index in [1.807, 2.05) is 25.1 Å². The van der Waals surface area contributed by atoms with Crippen molar-refractivity contribution in [1.82, 2.24) is 0 Å². The second-order valence-electron chi connectivity index (χ2n) is 3.16. The van der Waals surface area contributed by atoms with Gasteiger partial charge >= 0.3 is 0 Å². The summed E-state index contributed by atoms with van der Waals surface area (Å²) < 4.78 is 11.8. The van der Waals surface area contributed by atoms with Gasteiger partial charge < -0.3 is 15.2 Å². The Balaban J connectivity index is 2.28. The molecule has 0 radical (unpaired) electrons. The van der Waals surface area contributed by atoms with E-state index in [-0.39, 0.29) is 0 Å². The molecular weight excluding hydrogens is 258 g/mol. The van der Waals surface area contributed by atoms with Crippen LogP contribution in [0.15, 0.2) is 22.7 Å². The highest BCUT2D eigenvalue weighted by Gasteiger charge is 1.97. The topological polar surface area (TPSA) is 44.5 Å². The first-order valence-corrected chi connectivity index (χ1v) is 5.70. The maximum absolute atomic E-state index is 5.50. The van der Waals surface area contributed by atoms with Crippen LogP contribution in [0.4, 0.5) is 0 Å². The summed E-state index contributed by atoms with van der Waals surface area (Å²) in [5.74, 6) is 0.868. The molecule has 0 saturated heterocycles. The molecule has 0 amide bonds. The minimum absolute atomic E-state index is 0.553. The molecule has 0 atom stereocenters. The molecule has 0 spiro atoms. The first kappa shape index (κ1) is 12.5. The Bertz CT molecular complexity index is 305. The highest BCUT2D eigenvalue weighted by Crippen LogP contribution is 2.21. The van der Waals surface area contributed by atoms with Crippen LogP contribution < -0.4 is 10.5 Å². The van der Waals surface area contributed by atoms with E-state index >= 15 is 0 Å². The fourth-order valence-corrected chi connectivity index (χ4v) is 1.36. The zero-order valence-electron chi connectivity index (χ0n) is 8.83. The minimum Gasteiger partial charge on any atom is -0.491 e. The van der Waals surface area contributed by atoms with Gasteiger partial charge in [0.2, 0.25) is 0 Å². The molecular formula is C11H16BrNO2. The van der Waals surface area contributed by atoms with E-state index < -0.39 is 0 Å². The Labute approximate surface area is 98.7 Å². The zero-order valence-corrected chi connectivity index (χ0v) is 10.4. The van der Waals surface area contributed by atoms with Crippen LogP contribution in [-0.2, 0) is 4.74 Å². The molecule has 84 valence electrons. The zero-order chi connectivity index (χ0) is 11.1. The maximum atomic E-state index is 5.50. The number of hydrogen-bond donors (Lipinski definition) is 1. The molecule has 1 aromatic carbocycles. The van der Waals surface area contributed by atoms with E-state index in [9.17, 15) is 0 Å². The molecule has 3 nitrogen and oxygen atoms in total. The van der Waals surface area contributed by atoms with Gasteiger partial charge in [0, 0.05) is 11.0 Å². The summed E-state index contributed by atoms with van der Waals surface area (Å²) in [6.07, 6.45) is 0. The summed E-state index contributed by atoms with van der Waals surface area (Å²) in [5, 5.41) is 0. The fourth-order valence-electron chi connectivity index (χ4n) is 1.11. The van der Waals surface area contributed by atoms with Crippen molar-refractivity contribution in [2.24, 2.45) is 5.73 Å². The average molecular weight is 274 g/mol. The van der Waals surface area contributed by atoms with Crippen LogP contribution in [0.5, 0.6) is 5.75 Å². The summed E-state index contributed by atoms with van der Waals surface area (Å²) in [4.78, 5) is 0. The van der Waals surface area contributed by atoms with Crippen LogP contribution in [0.3, 0.4) is 0 Å². The van der Waals surface area contributed by atoms with E-state index in [4.69, 9.17) is 15.2 Å². The summed E-state index contributed by atoms with van der Waals surface area (Å²) in [7, 11) is 0. The minimum atomic E-state index is 0.553. The lowest BCUT2D eigenvalue weighted by molar-refractivity contribution is 0.106. The molecule has 1 rings (SSSR count). The van der Waals surface area contributed by atoms with Crippen LogP contribution in [0.1, 0.15) is 5.56 Å². The van der Waals surface area contributed by atoms with Crippen molar-refractivity contribution in [1.29, 1.82) is 0 Å². The Morgan fingerprint density at radius 3 is 2.73 bits per heavy atom. The van der Waals surface area contributed by atoms with Gasteiger partial charge in [-0.3, -0.25) is 0 Å². The van der Waals surface area contributed by atoms with E-state index in [1.165, 1.54) is 0 Å². The highest BCUT2D eigenvalue weighted by molar-refractivity contribution is 9.10. The lowest BCUT2D eigenvalue weighted by atomic mass is 10.2. The van der Waals surface area contributed by atoms with Gasteiger partial charge in [-0.15, -0.1) is 0 Å². The molecule has 0 fully saturated rings. The van der Waals surface area contributed by atoms with Gasteiger partial charge in [0.15, 0.2) is 0 Å². The van der Waals surface area contributed by atoms with Crippen molar-refractivity contribution < 1.29 is 9.47 Å². The third kappa shape index (κ3) is 4.64. The molecule has 1 aromatic rings. The van der Waals surface area contributed by atoms with E-state index in [2.05, 4.69) is 15.9 Å². The van der Waals surface area contributed by atoms with E-state index in [0.29, 0.717) is 26.4 Å². The largest absolute Gasteiger partial charge is 0.491 e. The molecule has 0 bridgehead atoms. The van der Waals surface area contributed by atoms with Crippen LogP contribution in [0.2, 0.25) is 0 Å². The predicted octanol–water partition coefficient (Wildman–Crippen LogP) is 2.11. The molecule has 0 heterocycles. The lowest BCUT2D eigenvalue weighted by Gasteiger charge is -2.07. The fraction of sp³-hybridized carbons (Fsp3) is 0.455. The summed E-state index contributed by atoms with van der Waals surface area (Å²) in [6.45, 7) is 4.30. The molecule has 0 aliphatic heterocycles. The third-order valence-electron chi connectivity index (χ3n) is 1.89. The summed E-state index contributed by atoms with van der Waals surface area (Å²) >= 11 is 3.44. The van der Waals surface area contributed by atoms with Crippen LogP contribution >= 0.6 is 15.9 Å². The van der Waals surface area contributed by atoms with Gasteiger partial charge in [0.1, 0.15) is 12.4 Å². The molecule has 0 aromatic heterocycles. The smallest absolute Gasteiger partial charge is 0.119 e. The normalized spacial score (nSPS) is 10.3. The number of nitrogens with two attached hydrogens (primary N) is 1. The van der Waals surface area contributed by atoms with Crippen molar-refractivity contribution in [3.05, 3.63) is 28.2 Å². The Kier molecular flexibility index (Phi) is 5.68. The third-order valence-corrected chi connectivity index (χ3v) is 2.78. The highest BCUT2D eigenvalue weighted by atomic mass is 79.9. The van der Waals surface area contributed by atoms with E-state index in [1.54, 1.807) is 0 Å². The van der Waals surface area contributed by atoms with Gasteiger partial charge in [0.05, 0.1) is 13.2 Å². The molecule has 2 N–H and O–H groups in total. The van der Waals surface area contributed by atoms with Gasteiger partial charge in [-0.1, -0.05) is 15.9 Å². The van der Waals surface area contributed by atoms with Crippen molar-refractivity contribution in [2.45, 2.75) is 6.92 Å².